The fourth-order valence-electron chi connectivity index (χ4n) is 3.83. The Kier molecular flexibility index (Phi) is 4.86. The minimum Gasteiger partial charge on any atom is -0.487 e. The second kappa shape index (κ2) is 7.33. The molecule has 0 radical (unpaired) electrons. The maximum absolute atomic E-state index is 11.6. The lowest BCUT2D eigenvalue weighted by Crippen LogP contribution is -2.38. The lowest BCUT2D eigenvalue weighted by atomic mass is 9.86. The molecule has 0 amide bonds. The van der Waals surface area contributed by atoms with Gasteiger partial charge in [-0.05, 0) is 60.2 Å². The lowest BCUT2D eigenvalue weighted by Gasteiger charge is -2.36. The second-order valence-corrected chi connectivity index (χ2v) is 7.90. The van der Waals surface area contributed by atoms with Crippen molar-refractivity contribution in [3.63, 3.8) is 0 Å². The number of carbonyl (C=O) groups is 1. The number of aryl methyl sites for hydroxylation is 1. The normalized spacial score (nSPS) is 18.2. The van der Waals surface area contributed by atoms with Crippen molar-refractivity contribution < 1.29 is 14.6 Å². The predicted octanol–water partition coefficient (Wildman–Crippen LogP) is 6.03. The smallest absolute Gasteiger partial charge is 0.336 e. The van der Waals surface area contributed by atoms with E-state index < -0.39 is 5.97 Å². The number of halogens is 1. The summed E-state index contributed by atoms with van der Waals surface area (Å²) in [6.45, 7) is 2.11. The van der Waals surface area contributed by atoms with Crippen molar-refractivity contribution in [1.82, 2.24) is 0 Å². The molecular formula is C24H21ClO3. The minimum atomic E-state index is -0.933. The van der Waals surface area contributed by atoms with Gasteiger partial charge in [-0.25, -0.2) is 4.79 Å². The molecule has 3 aromatic carbocycles. The molecule has 0 saturated carbocycles. The highest BCUT2D eigenvalue weighted by atomic mass is 35.5. The molecule has 0 aliphatic carbocycles. The van der Waals surface area contributed by atoms with Gasteiger partial charge in [-0.3, -0.25) is 0 Å². The van der Waals surface area contributed by atoms with Crippen molar-refractivity contribution in [2.24, 2.45) is 0 Å². The molecule has 142 valence electrons. The van der Waals surface area contributed by atoms with Gasteiger partial charge >= 0.3 is 5.97 Å². The Morgan fingerprint density at radius 1 is 1.11 bits per heavy atom. The van der Waals surface area contributed by atoms with Crippen molar-refractivity contribution >= 4 is 17.6 Å². The van der Waals surface area contributed by atoms with Crippen LogP contribution in [0.1, 0.15) is 34.8 Å². The van der Waals surface area contributed by atoms with Crippen LogP contribution in [0.5, 0.6) is 5.75 Å². The van der Waals surface area contributed by atoms with Crippen LogP contribution < -0.4 is 4.74 Å². The predicted molar refractivity (Wildman–Crippen MR) is 111 cm³/mol. The Balaban J connectivity index is 1.67. The Hall–Kier alpha value is -2.78. The van der Waals surface area contributed by atoms with Gasteiger partial charge in [0.2, 0.25) is 0 Å². The molecule has 0 aromatic heterocycles. The summed E-state index contributed by atoms with van der Waals surface area (Å²) in [7, 11) is 0. The SMILES string of the molecule is C[C@]1(Cc2ccccc2Cl)CCc2ccc(-c3ccccc3C(=O)O)cc2O1. The summed E-state index contributed by atoms with van der Waals surface area (Å²) in [5.74, 6) is -0.115. The molecular weight excluding hydrogens is 372 g/mol. The third-order valence-corrected chi connectivity index (χ3v) is 5.71. The van der Waals surface area contributed by atoms with Gasteiger partial charge in [0, 0.05) is 11.4 Å². The van der Waals surface area contributed by atoms with E-state index >= 15 is 0 Å². The molecule has 1 aliphatic heterocycles. The molecule has 0 bridgehead atoms. The van der Waals surface area contributed by atoms with Gasteiger partial charge in [0.25, 0.3) is 0 Å². The number of fused-ring (bicyclic) bond motifs is 1. The minimum absolute atomic E-state index is 0.289. The van der Waals surface area contributed by atoms with Crippen LogP contribution in [0.2, 0.25) is 5.02 Å². The lowest BCUT2D eigenvalue weighted by molar-refractivity contribution is 0.0653. The van der Waals surface area contributed by atoms with Crippen LogP contribution in [0, 0.1) is 0 Å². The number of ether oxygens (including phenoxy) is 1. The quantitative estimate of drug-likeness (QED) is 0.589. The van der Waals surface area contributed by atoms with Gasteiger partial charge < -0.3 is 9.84 Å². The number of carboxylic acids is 1. The summed E-state index contributed by atoms with van der Waals surface area (Å²) in [5.41, 5.74) is 3.69. The van der Waals surface area contributed by atoms with Gasteiger partial charge in [-0.1, -0.05) is 60.1 Å². The average Bonchev–Trinajstić information content (AvgIpc) is 2.69. The van der Waals surface area contributed by atoms with E-state index in [0.717, 1.165) is 46.7 Å². The fourth-order valence-corrected chi connectivity index (χ4v) is 4.03. The molecule has 28 heavy (non-hydrogen) atoms. The summed E-state index contributed by atoms with van der Waals surface area (Å²) in [6, 6.07) is 20.9. The number of benzene rings is 3. The monoisotopic (exact) mass is 392 g/mol. The van der Waals surface area contributed by atoms with Crippen LogP contribution in [0.25, 0.3) is 11.1 Å². The van der Waals surface area contributed by atoms with Gasteiger partial charge in [0.1, 0.15) is 11.4 Å². The number of carboxylic acid groups (broad SMARTS) is 1. The largest absolute Gasteiger partial charge is 0.487 e. The Morgan fingerprint density at radius 2 is 1.86 bits per heavy atom. The van der Waals surface area contributed by atoms with E-state index in [1.54, 1.807) is 12.1 Å². The molecule has 3 aromatic rings. The molecule has 1 heterocycles. The Bertz CT molecular complexity index is 1040. The third-order valence-electron chi connectivity index (χ3n) is 5.34. The summed E-state index contributed by atoms with van der Waals surface area (Å²) in [5, 5.41) is 10.2. The summed E-state index contributed by atoms with van der Waals surface area (Å²) in [4.78, 5) is 11.6. The van der Waals surface area contributed by atoms with E-state index in [9.17, 15) is 9.90 Å². The van der Waals surface area contributed by atoms with Gasteiger partial charge in [-0.2, -0.15) is 0 Å². The van der Waals surface area contributed by atoms with Crippen LogP contribution in [0.3, 0.4) is 0 Å². The molecule has 0 unspecified atom stereocenters. The number of aromatic carboxylic acids is 1. The van der Waals surface area contributed by atoms with Crippen molar-refractivity contribution in [3.8, 4) is 16.9 Å². The molecule has 4 rings (SSSR count). The third kappa shape index (κ3) is 3.63. The van der Waals surface area contributed by atoms with Gasteiger partial charge in [0.05, 0.1) is 5.56 Å². The van der Waals surface area contributed by atoms with Gasteiger partial charge in [0.15, 0.2) is 0 Å². The highest BCUT2D eigenvalue weighted by Gasteiger charge is 2.32. The first-order chi connectivity index (χ1) is 13.5. The Labute approximate surface area is 169 Å². The first kappa shape index (κ1) is 18.6. The zero-order valence-corrected chi connectivity index (χ0v) is 16.4. The van der Waals surface area contributed by atoms with Crippen LogP contribution in [-0.2, 0) is 12.8 Å². The van der Waals surface area contributed by atoms with Crippen LogP contribution in [-0.4, -0.2) is 16.7 Å². The Morgan fingerprint density at radius 3 is 2.64 bits per heavy atom. The van der Waals surface area contributed by atoms with E-state index in [1.807, 2.05) is 54.6 Å². The van der Waals surface area contributed by atoms with E-state index in [0.29, 0.717) is 5.56 Å². The molecule has 0 fully saturated rings. The number of hydrogen-bond donors (Lipinski definition) is 1. The van der Waals surface area contributed by atoms with Crippen molar-refractivity contribution in [2.45, 2.75) is 31.8 Å². The van der Waals surface area contributed by atoms with Crippen LogP contribution >= 0.6 is 11.6 Å². The van der Waals surface area contributed by atoms with E-state index in [4.69, 9.17) is 16.3 Å². The zero-order chi connectivity index (χ0) is 19.7. The first-order valence-electron chi connectivity index (χ1n) is 9.33. The highest BCUT2D eigenvalue weighted by molar-refractivity contribution is 6.31. The zero-order valence-electron chi connectivity index (χ0n) is 15.6. The molecule has 3 nitrogen and oxygen atoms in total. The second-order valence-electron chi connectivity index (χ2n) is 7.49. The fraction of sp³-hybridized carbons (Fsp3) is 0.208. The molecule has 1 atom stereocenters. The molecule has 0 saturated heterocycles. The van der Waals surface area contributed by atoms with Gasteiger partial charge in [-0.15, -0.1) is 0 Å². The van der Waals surface area contributed by atoms with Crippen LogP contribution in [0.4, 0.5) is 0 Å². The topological polar surface area (TPSA) is 46.5 Å². The summed E-state index contributed by atoms with van der Waals surface area (Å²) < 4.78 is 6.43. The van der Waals surface area contributed by atoms with E-state index in [-0.39, 0.29) is 11.2 Å². The van der Waals surface area contributed by atoms with Crippen molar-refractivity contribution in [1.29, 1.82) is 0 Å². The molecule has 4 heteroatoms. The van der Waals surface area contributed by atoms with Crippen molar-refractivity contribution in [2.75, 3.05) is 0 Å². The maximum atomic E-state index is 11.6. The van der Waals surface area contributed by atoms with Crippen LogP contribution in [0.15, 0.2) is 66.7 Å². The summed E-state index contributed by atoms with van der Waals surface area (Å²) >= 11 is 6.35. The summed E-state index contributed by atoms with van der Waals surface area (Å²) in [6.07, 6.45) is 2.54. The standard InChI is InChI=1S/C24H21ClO3/c1-24(15-18-6-2-5-9-21(18)25)13-12-16-10-11-17(14-22(16)28-24)19-7-3-4-8-20(19)23(26)27/h2-11,14H,12-13,15H2,1H3,(H,26,27)/t24-/m1/s1. The highest BCUT2D eigenvalue weighted by Crippen LogP contribution is 2.39. The number of hydrogen-bond acceptors (Lipinski definition) is 2. The molecule has 1 aliphatic rings. The van der Waals surface area contributed by atoms with E-state index in [1.165, 1.54) is 0 Å². The average molecular weight is 393 g/mol. The maximum Gasteiger partial charge on any atom is 0.336 e. The molecule has 0 spiro atoms. The first-order valence-corrected chi connectivity index (χ1v) is 9.71. The number of rotatable bonds is 4. The van der Waals surface area contributed by atoms with Crippen molar-refractivity contribution in [3.05, 3.63) is 88.4 Å². The van der Waals surface area contributed by atoms with E-state index in [2.05, 4.69) is 6.92 Å². The molecule has 1 N–H and O–H groups in total.